The third-order valence-corrected chi connectivity index (χ3v) is 20.9. The molecule has 2 aromatic heterocycles. The molecule has 4 aliphatic heterocycles. The molecule has 2 aromatic carbocycles. The van der Waals surface area contributed by atoms with E-state index in [2.05, 4.69) is 0 Å². The molecule has 4 unspecified atom stereocenters. The van der Waals surface area contributed by atoms with Gasteiger partial charge in [-0.3, -0.25) is 28.3 Å². The van der Waals surface area contributed by atoms with E-state index in [9.17, 15) is 59.8 Å². The monoisotopic (exact) mass is 1540 g/mol. The average Bonchev–Trinajstić information content (AvgIpc) is 1.61. The number of carbonyl (C=O) groups excluding carboxylic acids is 4. The Kier molecular flexibility index (Phi) is 29.7. The molecule has 2 aliphatic carbocycles. The lowest BCUT2D eigenvalue weighted by Gasteiger charge is -2.27. The second-order valence-corrected chi connectivity index (χ2v) is 33.0. The SMILES string of the molecule is CC1(C)OC2[C@@H](O1)[C@@H](CO)O[C@H]2[n+]1cccc(C(N)=O)c1.C[C@H](CP(=O)(Cl)Oc1ccccc1)C(=O)OC1CCCCC1.C[C@H](CP(=O)(OC[C@H]1O[C@@H]([n+]2cccc(C(N)=O)c2)C2OC(C)(C)O[C@H]21)Oc1ccccc1)C(=O)OC1CCCCC1.O=S(=O)([O-])C(F)(F)F.O=S(=O)([O-])C(F)(F)F. The third kappa shape index (κ3) is 25.7. The molecule has 4 saturated heterocycles. The number of primary amides is 2. The highest BCUT2D eigenvalue weighted by Crippen LogP contribution is 2.54. The molecule has 564 valence electrons. The molecule has 39 heteroatoms. The largest absolute Gasteiger partial charge is 0.741 e. The Hall–Kier alpha value is -5.95. The number of pyridine rings is 2. The first-order valence-electron chi connectivity index (χ1n) is 31.6. The standard InChI is InChI=1S/C30H39N2O9P.C16H22ClO4P.C14H18N2O5.2CHF3O3S/c1-20(29(34)37-22-12-6-4-7-13-22)19-42(35,41-23-14-8-5-9-15-23)36-18-24-25-26(40-30(2,3)39-25)28(38-24)32-16-10-11-21(17-32)27(31)33;1-13(16(18)20-14-8-4-2-5-9-14)12-22(17,19)21-15-10-6-3-7-11-15;1-14(2)20-10-9(7-17)19-13(11(10)21-14)16-5-3-4-8(6-16)12(15)18;2*2-1(3,4)8(5,6)7/h5,8-11,14-17,20,22,24-26,28H,4,6-7,12-13,18-19H2,1-3H3,(H-,31,33);3,6-7,10-11,13-14H,2,4-5,8-9,12H2,1H3;3-6,9-11,13,17H,7H2,1-2H3,(H-,15,18);2*(H,5,6,7)/t20-,24-,25+,26?,28-,42?;13-,22?;9-,10+,11?,13-;;/m111../s1. The van der Waals surface area contributed by atoms with E-state index in [-0.39, 0.29) is 55.9 Å². The zero-order chi connectivity index (χ0) is 75.1. The number of nitrogens with zero attached hydrogens (tertiary/aromatic N) is 2. The first kappa shape index (κ1) is 84.0. The van der Waals surface area contributed by atoms with Gasteiger partial charge in [0, 0.05) is 12.1 Å². The maximum absolute atomic E-state index is 14.2. The summed E-state index contributed by atoms with van der Waals surface area (Å²) in [6, 6.07) is 24.1. The number of alkyl halides is 6. The van der Waals surface area contributed by atoms with Crippen LogP contribution in [0.5, 0.6) is 11.5 Å². The Morgan fingerprint density at radius 2 is 0.950 bits per heavy atom. The molecule has 10 rings (SSSR count). The highest BCUT2D eigenvalue weighted by atomic mass is 35.7. The summed E-state index contributed by atoms with van der Waals surface area (Å²) in [7, 11) is -16.1. The first-order valence-corrected chi connectivity index (χ1v) is 38.9. The van der Waals surface area contributed by atoms with Gasteiger partial charge in [-0.2, -0.15) is 35.5 Å². The number of esters is 2. The molecule has 6 heterocycles. The van der Waals surface area contributed by atoms with Crippen LogP contribution in [0.15, 0.2) is 110 Å². The van der Waals surface area contributed by atoms with Gasteiger partial charge in [0.15, 0.2) is 68.8 Å². The van der Waals surface area contributed by atoms with E-state index in [1.807, 2.05) is 26.0 Å². The van der Waals surface area contributed by atoms with Crippen molar-refractivity contribution in [2.24, 2.45) is 23.3 Å². The van der Waals surface area contributed by atoms with Gasteiger partial charge in [-0.05, 0) is 127 Å². The number of hydrogen-bond acceptors (Lipinski definition) is 24. The van der Waals surface area contributed by atoms with Crippen LogP contribution in [0.3, 0.4) is 0 Å². The normalized spacial score (nSPS) is 25.0. The third-order valence-electron chi connectivity index (χ3n) is 15.7. The minimum Gasteiger partial charge on any atom is -0.741 e. The van der Waals surface area contributed by atoms with Crippen LogP contribution in [0.2, 0.25) is 0 Å². The molecule has 0 spiro atoms. The molecule has 6 fully saturated rings. The maximum Gasteiger partial charge on any atom is 0.485 e. The number of benzene rings is 2. The smallest absolute Gasteiger partial charge is 0.485 e. The van der Waals surface area contributed by atoms with Gasteiger partial charge >= 0.3 is 37.3 Å². The summed E-state index contributed by atoms with van der Waals surface area (Å²) in [5, 5.41) is 9.45. The highest BCUT2D eigenvalue weighted by Gasteiger charge is 2.61. The van der Waals surface area contributed by atoms with Crippen LogP contribution >= 0.6 is 25.6 Å². The second kappa shape index (κ2) is 35.7. The van der Waals surface area contributed by atoms with E-state index in [1.54, 1.807) is 134 Å². The fourth-order valence-corrected chi connectivity index (χ4v) is 15.1. The van der Waals surface area contributed by atoms with E-state index < -0.39 is 124 Å². The zero-order valence-electron chi connectivity index (χ0n) is 55.5. The minimum atomic E-state index is -6.09. The van der Waals surface area contributed by atoms with Crippen LogP contribution < -0.4 is 29.6 Å². The van der Waals surface area contributed by atoms with Gasteiger partial charge in [0.05, 0.1) is 37.4 Å². The summed E-state index contributed by atoms with van der Waals surface area (Å²) < 4.78 is 212. The van der Waals surface area contributed by atoms with Gasteiger partial charge in [0.1, 0.15) is 59.2 Å². The zero-order valence-corrected chi connectivity index (χ0v) is 59.6. The number of ether oxygens (including phenoxy) is 8. The van der Waals surface area contributed by atoms with Crippen molar-refractivity contribution in [3.05, 3.63) is 121 Å². The van der Waals surface area contributed by atoms with Crippen molar-refractivity contribution < 1.29 is 146 Å². The summed E-state index contributed by atoms with van der Waals surface area (Å²) in [6.07, 6.45) is 12.4. The number of aromatic nitrogens is 2. The van der Waals surface area contributed by atoms with Crippen molar-refractivity contribution >= 4 is 69.5 Å². The molecule has 2 amide bonds. The van der Waals surface area contributed by atoms with Crippen molar-refractivity contribution in [3.8, 4) is 11.5 Å². The minimum absolute atomic E-state index is 0.00606. The number of hydrogen-bond donors (Lipinski definition) is 3. The topological polar surface area (TPSA) is 398 Å². The Bertz CT molecular complexity index is 3710. The molecular formula is C62H81ClF6N4O24P2S2. The molecule has 28 nitrogen and oxygen atoms in total. The molecule has 0 radical (unpaired) electrons. The number of fused-ring (bicyclic) bond motifs is 2. The van der Waals surface area contributed by atoms with E-state index in [4.69, 9.17) is 100 Å². The molecular weight excluding hydrogens is 1460 g/mol. The maximum atomic E-state index is 14.2. The van der Waals surface area contributed by atoms with E-state index in [0.29, 0.717) is 22.6 Å². The fourth-order valence-electron chi connectivity index (χ4n) is 11.0. The van der Waals surface area contributed by atoms with Crippen LogP contribution in [-0.4, -0.2) is 152 Å². The Morgan fingerprint density at radius 3 is 1.33 bits per heavy atom. The summed E-state index contributed by atoms with van der Waals surface area (Å²) in [5.41, 5.74) is 0.176. The van der Waals surface area contributed by atoms with Crippen molar-refractivity contribution in [2.75, 3.05) is 25.5 Å². The van der Waals surface area contributed by atoms with Crippen molar-refractivity contribution in [1.82, 2.24) is 0 Å². The van der Waals surface area contributed by atoms with Gasteiger partial charge in [-0.1, -0.05) is 63.1 Å². The van der Waals surface area contributed by atoms with E-state index in [0.717, 1.165) is 57.8 Å². The molecule has 12 atom stereocenters. The van der Waals surface area contributed by atoms with Crippen LogP contribution in [0.25, 0.3) is 0 Å². The lowest BCUT2D eigenvalue weighted by Crippen LogP contribution is -2.46. The number of aliphatic hydroxyl groups is 1. The van der Waals surface area contributed by atoms with Gasteiger partial charge < -0.3 is 72.6 Å². The number of para-hydroxylation sites is 2. The van der Waals surface area contributed by atoms with Crippen molar-refractivity contribution in [1.29, 1.82) is 0 Å². The predicted molar refractivity (Wildman–Crippen MR) is 340 cm³/mol. The Labute approximate surface area is 584 Å². The molecule has 5 N–H and O–H groups in total. The Morgan fingerprint density at radius 1 is 0.594 bits per heavy atom. The average molecular weight is 1540 g/mol. The van der Waals surface area contributed by atoms with E-state index in [1.165, 1.54) is 6.42 Å². The first-order chi connectivity index (χ1) is 46.9. The van der Waals surface area contributed by atoms with Crippen molar-refractivity contribution in [2.45, 2.75) is 190 Å². The highest BCUT2D eigenvalue weighted by molar-refractivity contribution is 7.87. The predicted octanol–water partition coefficient (Wildman–Crippen LogP) is 8.89. The van der Waals surface area contributed by atoms with Gasteiger partial charge in [-0.15, -0.1) is 0 Å². The molecule has 101 heavy (non-hydrogen) atoms. The van der Waals surface area contributed by atoms with Gasteiger partial charge in [0.25, 0.3) is 24.3 Å². The number of rotatable bonds is 20. The lowest BCUT2D eigenvalue weighted by molar-refractivity contribution is -0.766. The number of halogens is 7. The molecule has 6 aliphatic rings. The number of amides is 2. The van der Waals surface area contributed by atoms with Gasteiger partial charge in [0.2, 0.25) is 0 Å². The number of nitrogens with two attached hydrogens (primary N) is 2. The number of aliphatic hydroxyl groups excluding tert-OH is 1. The summed E-state index contributed by atoms with van der Waals surface area (Å²) in [6.45, 7) is 6.87. The Balaban J connectivity index is 0.000000228. The summed E-state index contributed by atoms with van der Waals surface area (Å²) in [5.74, 6) is -3.95. The van der Waals surface area contributed by atoms with Crippen LogP contribution in [-0.2, 0) is 81.4 Å². The summed E-state index contributed by atoms with van der Waals surface area (Å²) >= 11 is 5.98. The lowest BCUT2D eigenvalue weighted by atomic mass is 9.98. The molecule has 4 aromatic rings. The van der Waals surface area contributed by atoms with E-state index >= 15 is 0 Å². The number of carbonyl (C=O) groups is 4. The molecule has 2 saturated carbocycles. The van der Waals surface area contributed by atoms with Crippen molar-refractivity contribution in [3.63, 3.8) is 0 Å². The summed E-state index contributed by atoms with van der Waals surface area (Å²) in [4.78, 5) is 48.1. The van der Waals surface area contributed by atoms with Crippen LogP contribution in [0, 0.1) is 11.8 Å². The van der Waals surface area contributed by atoms with Crippen LogP contribution in [0.4, 0.5) is 26.3 Å². The molecule has 0 bridgehead atoms. The van der Waals surface area contributed by atoms with Gasteiger partial charge in [-0.25, -0.2) is 21.4 Å². The van der Waals surface area contributed by atoms with Crippen LogP contribution in [0.1, 0.15) is 139 Å². The second-order valence-electron chi connectivity index (χ2n) is 24.9. The fraction of sp³-hybridized carbons (Fsp3) is 0.581. The quantitative estimate of drug-likeness (QED) is 0.0185.